The van der Waals surface area contributed by atoms with Gasteiger partial charge in [0, 0.05) is 36.1 Å². The molecule has 0 aliphatic carbocycles. The van der Waals surface area contributed by atoms with E-state index in [0.29, 0.717) is 22.7 Å². The van der Waals surface area contributed by atoms with E-state index in [0.717, 1.165) is 0 Å². The van der Waals surface area contributed by atoms with Crippen LogP contribution in [-0.2, 0) is 7.05 Å². The summed E-state index contributed by atoms with van der Waals surface area (Å²) in [4.78, 5) is 36.3. The largest absolute Gasteiger partial charge is 0.495 e. The maximum atomic E-state index is 12.4. The van der Waals surface area contributed by atoms with Gasteiger partial charge in [0.2, 0.25) is 0 Å². The number of nitrogens with one attached hydrogen (secondary N) is 2. The van der Waals surface area contributed by atoms with E-state index in [4.69, 9.17) is 4.74 Å². The van der Waals surface area contributed by atoms with Crippen LogP contribution in [0.4, 0.5) is 11.4 Å². The summed E-state index contributed by atoms with van der Waals surface area (Å²) in [6.07, 6.45) is 1.53. The number of carbonyl (C=O) groups is 2. The first kappa shape index (κ1) is 18.9. The maximum absolute atomic E-state index is 12.4. The predicted octanol–water partition coefficient (Wildman–Crippen LogP) is 2.90. The quantitative estimate of drug-likeness (QED) is 0.715. The van der Waals surface area contributed by atoms with Crippen LogP contribution in [0.25, 0.3) is 0 Å². The van der Waals surface area contributed by atoms with Gasteiger partial charge in [-0.2, -0.15) is 0 Å². The van der Waals surface area contributed by atoms with Crippen LogP contribution in [-0.4, -0.2) is 23.5 Å². The lowest BCUT2D eigenvalue weighted by atomic mass is 10.1. The van der Waals surface area contributed by atoms with Crippen LogP contribution in [0.5, 0.6) is 5.75 Å². The third-order valence-corrected chi connectivity index (χ3v) is 4.13. The van der Waals surface area contributed by atoms with E-state index >= 15 is 0 Å². The summed E-state index contributed by atoms with van der Waals surface area (Å²) in [6, 6.07) is 16.4. The molecular weight excluding hydrogens is 358 g/mol. The van der Waals surface area contributed by atoms with Gasteiger partial charge in [-0.15, -0.1) is 0 Å². The molecule has 0 saturated carbocycles. The number of carbonyl (C=O) groups excluding carboxylic acids is 2. The first-order chi connectivity index (χ1) is 13.5. The van der Waals surface area contributed by atoms with Crippen molar-refractivity contribution in [1.82, 2.24) is 4.57 Å². The van der Waals surface area contributed by atoms with E-state index in [9.17, 15) is 14.4 Å². The number of aryl methyl sites for hydroxylation is 1. The van der Waals surface area contributed by atoms with Gasteiger partial charge in [-0.25, -0.2) is 0 Å². The maximum Gasteiger partial charge on any atom is 0.255 e. The minimum atomic E-state index is -0.399. The Labute approximate surface area is 161 Å². The Hall–Kier alpha value is -3.87. The topological polar surface area (TPSA) is 89.4 Å². The van der Waals surface area contributed by atoms with Crippen molar-refractivity contribution in [3.05, 3.63) is 88.3 Å². The van der Waals surface area contributed by atoms with Crippen molar-refractivity contribution in [3.8, 4) is 5.75 Å². The average molecular weight is 377 g/mol. The lowest BCUT2D eigenvalue weighted by Gasteiger charge is -2.10. The smallest absolute Gasteiger partial charge is 0.255 e. The van der Waals surface area contributed by atoms with Gasteiger partial charge in [0.05, 0.1) is 12.8 Å². The van der Waals surface area contributed by atoms with Crippen LogP contribution in [0.3, 0.4) is 0 Å². The summed E-state index contributed by atoms with van der Waals surface area (Å²) in [7, 11) is 3.14. The fourth-order valence-corrected chi connectivity index (χ4v) is 2.54. The van der Waals surface area contributed by atoms with Gasteiger partial charge in [0.25, 0.3) is 17.4 Å². The molecule has 1 aromatic heterocycles. The van der Waals surface area contributed by atoms with Crippen molar-refractivity contribution in [1.29, 1.82) is 0 Å². The van der Waals surface area contributed by atoms with E-state index in [-0.39, 0.29) is 17.0 Å². The second-order valence-corrected chi connectivity index (χ2v) is 6.05. The van der Waals surface area contributed by atoms with Crippen LogP contribution in [0, 0.1) is 0 Å². The summed E-state index contributed by atoms with van der Waals surface area (Å²) in [5.74, 6) is -0.133. The normalized spacial score (nSPS) is 10.2. The number of ether oxygens (including phenoxy) is 1. The highest BCUT2D eigenvalue weighted by atomic mass is 16.5. The first-order valence-electron chi connectivity index (χ1n) is 8.50. The van der Waals surface area contributed by atoms with Gasteiger partial charge in [-0.1, -0.05) is 12.1 Å². The molecule has 1 heterocycles. The van der Waals surface area contributed by atoms with E-state index < -0.39 is 5.91 Å². The minimum absolute atomic E-state index is 0.265. The molecule has 0 fully saturated rings. The third kappa shape index (κ3) is 4.27. The Bertz CT molecular complexity index is 1070. The molecule has 0 aliphatic rings. The zero-order valence-corrected chi connectivity index (χ0v) is 15.4. The summed E-state index contributed by atoms with van der Waals surface area (Å²) >= 11 is 0. The lowest BCUT2D eigenvalue weighted by Crippen LogP contribution is -2.20. The Kier molecular flexibility index (Phi) is 5.55. The highest BCUT2D eigenvalue weighted by molar-refractivity contribution is 6.06. The molecule has 3 rings (SSSR count). The molecule has 0 saturated heterocycles. The van der Waals surface area contributed by atoms with Gasteiger partial charge in [0.1, 0.15) is 5.75 Å². The monoisotopic (exact) mass is 377 g/mol. The van der Waals surface area contributed by atoms with Crippen molar-refractivity contribution in [2.75, 3.05) is 17.7 Å². The first-order valence-corrected chi connectivity index (χ1v) is 8.50. The van der Waals surface area contributed by atoms with Crippen molar-refractivity contribution < 1.29 is 14.3 Å². The molecule has 2 N–H and O–H groups in total. The average Bonchev–Trinajstić information content (AvgIpc) is 2.71. The standard InChI is InChI=1S/C21H19N3O4/c1-24-12-11-15(13-19(24)25)21(27)22-16-9-7-14(8-10-16)20(26)23-17-5-3-4-6-18(17)28-2/h3-13H,1-2H3,(H,22,27)(H,23,26). The zero-order chi connectivity index (χ0) is 20.1. The molecule has 0 aliphatic heterocycles. The number of hydrogen-bond donors (Lipinski definition) is 2. The van der Waals surface area contributed by atoms with Crippen LogP contribution in [0.15, 0.2) is 71.7 Å². The van der Waals surface area contributed by atoms with Crippen molar-refractivity contribution in [2.24, 2.45) is 7.05 Å². The number of benzene rings is 2. The molecule has 7 nitrogen and oxygen atoms in total. The van der Waals surface area contributed by atoms with Gasteiger partial charge in [-0.05, 0) is 42.5 Å². The SMILES string of the molecule is COc1ccccc1NC(=O)c1ccc(NC(=O)c2ccn(C)c(=O)c2)cc1. The van der Waals surface area contributed by atoms with E-state index in [1.807, 2.05) is 6.07 Å². The Balaban J connectivity index is 1.69. The van der Waals surface area contributed by atoms with Gasteiger partial charge < -0.3 is 19.9 Å². The summed E-state index contributed by atoms with van der Waals surface area (Å²) in [6.45, 7) is 0. The Morgan fingerprint density at radius 1 is 0.893 bits per heavy atom. The van der Waals surface area contributed by atoms with Crippen LogP contribution in [0.1, 0.15) is 20.7 Å². The number of methoxy groups -OCH3 is 1. The predicted molar refractivity (Wildman–Crippen MR) is 107 cm³/mol. The molecule has 0 spiro atoms. The number of rotatable bonds is 5. The van der Waals surface area contributed by atoms with Gasteiger partial charge >= 0.3 is 0 Å². The molecule has 0 unspecified atom stereocenters. The van der Waals surface area contributed by atoms with E-state index in [2.05, 4.69) is 10.6 Å². The number of para-hydroxylation sites is 2. The van der Waals surface area contributed by atoms with Crippen molar-refractivity contribution in [2.45, 2.75) is 0 Å². The molecular formula is C21H19N3O4. The van der Waals surface area contributed by atoms with Gasteiger partial charge in [0.15, 0.2) is 0 Å². The molecule has 7 heteroatoms. The Morgan fingerprint density at radius 3 is 2.25 bits per heavy atom. The highest BCUT2D eigenvalue weighted by Crippen LogP contribution is 2.23. The second-order valence-electron chi connectivity index (χ2n) is 6.05. The molecule has 2 amide bonds. The fraction of sp³-hybridized carbons (Fsp3) is 0.0952. The molecule has 2 aromatic carbocycles. The van der Waals surface area contributed by atoms with Gasteiger partial charge in [-0.3, -0.25) is 14.4 Å². The summed E-state index contributed by atoms with van der Waals surface area (Å²) < 4.78 is 6.60. The fourth-order valence-electron chi connectivity index (χ4n) is 2.54. The van der Waals surface area contributed by atoms with Crippen LogP contribution >= 0.6 is 0 Å². The van der Waals surface area contributed by atoms with E-state index in [1.54, 1.807) is 55.6 Å². The molecule has 0 atom stereocenters. The Morgan fingerprint density at radius 2 is 1.57 bits per heavy atom. The lowest BCUT2D eigenvalue weighted by molar-refractivity contribution is 0.101. The second kappa shape index (κ2) is 8.22. The molecule has 142 valence electrons. The van der Waals surface area contributed by atoms with Crippen LogP contribution in [0.2, 0.25) is 0 Å². The molecule has 3 aromatic rings. The molecule has 0 radical (unpaired) electrons. The number of aromatic nitrogens is 1. The number of hydrogen-bond acceptors (Lipinski definition) is 4. The molecule has 28 heavy (non-hydrogen) atoms. The van der Waals surface area contributed by atoms with Crippen LogP contribution < -0.4 is 20.9 Å². The summed E-state index contributed by atoms with van der Waals surface area (Å²) in [5, 5.41) is 5.49. The third-order valence-electron chi connectivity index (χ3n) is 4.13. The number of nitrogens with zero attached hydrogens (tertiary/aromatic N) is 1. The summed E-state index contributed by atoms with van der Waals surface area (Å²) in [5.41, 5.74) is 1.51. The minimum Gasteiger partial charge on any atom is -0.495 e. The number of pyridine rings is 1. The highest BCUT2D eigenvalue weighted by Gasteiger charge is 2.11. The van der Waals surface area contributed by atoms with Crippen molar-refractivity contribution >= 4 is 23.2 Å². The van der Waals surface area contributed by atoms with Crippen molar-refractivity contribution in [3.63, 3.8) is 0 Å². The molecule has 0 bridgehead atoms. The van der Waals surface area contributed by atoms with E-state index in [1.165, 1.54) is 23.9 Å². The number of amides is 2. The zero-order valence-electron chi connectivity index (χ0n) is 15.4. The number of anilines is 2.